The Bertz CT molecular complexity index is 1290. The van der Waals surface area contributed by atoms with Crippen LogP contribution in [-0.4, -0.2) is 39.4 Å². The number of carbonyl (C=O) groups is 1. The van der Waals surface area contributed by atoms with Crippen LogP contribution < -0.4 is 14.3 Å². The molecule has 1 heterocycles. The summed E-state index contributed by atoms with van der Waals surface area (Å²) in [5.41, 5.74) is 1.04. The molecule has 7 nitrogen and oxygen atoms in total. The number of amides is 1. The van der Waals surface area contributed by atoms with Crippen molar-refractivity contribution in [2.24, 2.45) is 4.99 Å². The number of sulfone groups is 1. The number of benzene rings is 2. The molecule has 9 heteroatoms. The summed E-state index contributed by atoms with van der Waals surface area (Å²) in [5.74, 6) is 3.16. The van der Waals surface area contributed by atoms with Crippen molar-refractivity contribution in [2.75, 3.05) is 20.5 Å². The van der Waals surface area contributed by atoms with Gasteiger partial charge in [-0.1, -0.05) is 17.3 Å². The molecule has 2 aromatic carbocycles. The van der Waals surface area contributed by atoms with Crippen molar-refractivity contribution < 1.29 is 22.7 Å². The number of thiazole rings is 1. The van der Waals surface area contributed by atoms with E-state index in [0.29, 0.717) is 16.3 Å². The van der Waals surface area contributed by atoms with E-state index in [1.807, 2.05) is 0 Å². The fraction of sp³-hybridized carbons (Fsp3) is 0.200. The SMILES string of the molecule is C#CCn1c(=NC(=O)c2ccc(S(C)(=O)=O)cc2)sc2cc(OC)c(OC)cc21. The number of hydrogen-bond acceptors (Lipinski definition) is 6. The van der Waals surface area contributed by atoms with Gasteiger partial charge >= 0.3 is 0 Å². The number of aromatic nitrogens is 1. The van der Waals surface area contributed by atoms with Gasteiger partial charge in [-0.2, -0.15) is 4.99 Å². The second-order valence-electron chi connectivity index (χ2n) is 6.06. The molecular weight excluding hydrogens is 412 g/mol. The van der Waals surface area contributed by atoms with Gasteiger partial charge in [0.25, 0.3) is 5.91 Å². The number of nitrogens with zero attached hydrogens (tertiary/aromatic N) is 2. The zero-order valence-electron chi connectivity index (χ0n) is 16.0. The van der Waals surface area contributed by atoms with Gasteiger partial charge in [-0.15, -0.1) is 6.42 Å². The maximum atomic E-state index is 12.6. The summed E-state index contributed by atoms with van der Waals surface area (Å²) in [6.07, 6.45) is 6.61. The van der Waals surface area contributed by atoms with Crippen molar-refractivity contribution in [3.63, 3.8) is 0 Å². The van der Waals surface area contributed by atoms with Gasteiger partial charge in [-0.25, -0.2) is 8.42 Å². The molecule has 0 aliphatic heterocycles. The molecule has 0 N–H and O–H groups in total. The van der Waals surface area contributed by atoms with E-state index < -0.39 is 15.7 Å². The van der Waals surface area contributed by atoms with Crippen LogP contribution in [0, 0.1) is 12.3 Å². The smallest absolute Gasteiger partial charge is 0.279 e. The average molecular weight is 431 g/mol. The van der Waals surface area contributed by atoms with E-state index in [-0.39, 0.29) is 17.0 Å². The molecule has 3 rings (SSSR count). The maximum Gasteiger partial charge on any atom is 0.279 e. The molecule has 0 fully saturated rings. The minimum Gasteiger partial charge on any atom is -0.493 e. The maximum absolute atomic E-state index is 12.6. The Morgan fingerprint density at radius 2 is 1.79 bits per heavy atom. The lowest BCUT2D eigenvalue weighted by atomic mass is 10.2. The highest BCUT2D eigenvalue weighted by Crippen LogP contribution is 2.33. The number of rotatable bonds is 5. The van der Waals surface area contributed by atoms with Crippen molar-refractivity contribution in [2.45, 2.75) is 11.4 Å². The van der Waals surface area contributed by atoms with E-state index >= 15 is 0 Å². The molecule has 0 bridgehead atoms. The third-order valence-electron chi connectivity index (χ3n) is 4.16. The summed E-state index contributed by atoms with van der Waals surface area (Å²) in [4.78, 5) is 17.4. The van der Waals surface area contributed by atoms with Crippen LogP contribution in [0.1, 0.15) is 10.4 Å². The van der Waals surface area contributed by atoms with Crippen molar-refractivity contribution in [1.29, 1.82) is 0 Å². The van der Waals surface area contributed by atoms with Crippen LogP contribution in [0.5, 0.6) is 11.5 Å². The number of hydrogen-bond donors (Lipinski definition) is 0. The summed E-state index contributed by atoms with van der Waals surface area (Å²) in [6, 6.07) is 9.23. The van der Waals surface area contributed by atoms with Gasteiger partial charge < -0.3 is 14.0 Å². The molecule has 0 saturated heterocycles. The Labute approximate surface area is 172 Å². The number of ether oxygens (including phenoxy) is 2. The largest absolute Gasteiger partial charge is 0.493 e. The van der Waals surface area contributed by atoms with Crippen LogP contribution >= 0.6 is 11.3 Å². The van der Waals surface area contributed by atoms with Gasteiger partial charge in [-0.05, 0) is 24.3 Å². The minimum atomic E-state index is -3.34. The second kappa shape index (κ2) is 8.11. The van der Waals surface area contributed by atoms with Crippen LogP contribution in [0.15, 0.2) is 46.3 Å². The highest BCUT2D eigenvalue weighted by Gasteiger charge is 2.14. The van der Waals surface area contributed by atoms with Crippen LogP contribution in [-0.2, 0) is 16.4 Å². The van der Waals surface area contributed by atoms with Gasteiger partial charge in [0.05, 0.1) is 35.9 Å². The van der Waals surface area contributed by atoms with Gasteiger partial charge in [0.15, 0.2) is 26.1 Å². The molecule has 0 radical (unpaired) electrons. The summed E-state index contributed by atoms with van der Waals surface area (Å²) in [7, 11) is -0.257. The first-order valence-corrected chi connectivity index (χ1v) is 11.1. The predicted molar refractivity (Wildman–Crippen MR) is 111 cm³/mol. The summed E-state index contributed by atoms with van der Waals surface area (Å²) in [5, 5.41) is 0. The fourth-order valence-corrected chi connectivity index (χ4v) is 4.39. The van der Waals surface area contributed by atoms with E-state index in [4.69, 9.17) is 15.9 Å². The van der Waals surface area contributed by atoms with Gasteiger partial charge in [0, 0.05) is 24.0 Å². The molecule has 0 saturated carbocycles. The summed E-state index contributed by atoms with van der Waals surface area (Å²) >= 11 is 1.29. The standard InChI is InChI=1S/C20H18N2O5S2/c1-5-10-22-15-11-16(26-2)17(27-3)12-18(15)28-20(22)21-19(23)13-6-8-14(9-7-13)29(4,24)25/h1,6-9,11-12H,10H2,2-4H3. The Morgan fingerprint density at radius 3 is 2.34 bits per heavy atom. The molecule has 0 aliphatic rings. The highest BCUT2D eigenvalue weighted by molar-refractivity contribution is 7.90. The summed E-state index contributed by atoms with van der Waals surface area (Å²) in [6.45, 7) is 0.217. The molecule has 0 spiro atoms. The Balaban J connectivity index is 2.12. The zero-order chi connectivity index (χ0) is 21.2. The van der Waals surface area contributed by atoms with Crippen molar-refractivity contribution in [3.8, 4) is 23.8 Å². The Morgan fingerprint density at radius 1 is 1.17 bits per heavy atom. The van der Waals surface area contributed by atoms with Crippen molar-refractivity contribution >= 4 is 37.3 Å². The molecule has 1 amide bonds. The van der Waals surface area contributed by atoms with E-state index in [9.17, 15) is 13.2 Å². The average Bonchev–Trinajstić information content (AvgIpc) is 3.02. The second-order valence-corrected chi connectivity index (χ2v) is 9.09. The zero-order valence-corrected chi connectivity index (χ0v) is 17.6. The summed E-state index contributed by atoms with van der Waals surface area (Å²) < 4.78 is 36.4. The van der Waals surface area contributed by atoms with Crippen molar-refractivity contribution in [3.05, 3.63) is 46.8 Å². The lowest BCUT2D eigenvalue weighted by Gasteiger charge is -2.08. The quantitative estimate of drug-likeness (QED) is 0.581. The lowest BCUT2D eigenvalue weighted by molar-refractivity contribution is 0.0998. The van der Waals surface area contributed by atoms with E-state index in [1.54, 1.807) is 23.8 Å². The van der Waals surface area contributed by atoms with Crippen LogP contribution in [0.2, 0.25) is 0 Å². The molecule has 150 valence electrons. The van der Waals surface area contributed by atoms with Gasteiger partial charge in [0.2, 0.25) is 0 Å². The highest BCUT2D eigenvalue weighted by atomic mass is 32.2. The number of fused-ring (bicyclic) bond motifs is 1. The van der Waals surface area contributed by atoms with E-state index in [1.165, 1.54) is 42.7 Å². The number of methoxy groups -OCH3 is 2. The third kappa shape index (κ3) is 4.18. The van der Waals surface area contributed by atoms with E-state index in [0.717, 1.165) is 16.5 Å². The Kier molecular flexibility index (Phi) is 5.77. The minimum absolute atomic E-state index is 0.137. The molecule has 3 aromatic rings. The van der Waals surface area contributed by atoms with Gasteiger partial charge in [-0.3, -0.25) is 4.79 Å². The normalized spacial score (nSPS) is 12.0. The van der Waals surface area contributed by atoms with Gasteiger partial charge in [0.1, 0.15) is 0 Å². The Hall–Kier alpha value is -3.09. The monoisotopic (exact) mass is 430 g/mol. The lowest BCUT2D eigenvalue weighted by Crippen LogP contribution is -2.16. The molecule has 29 heavy (non-hydrogen) atoms. The first kappa shape index (κ1) is 20.6. The first-order chi connectivity index (χ1) is 13.8. The number of terminal acetylenes is 1. The third-order valence-corrected chi connectivity index (χ3v) is 6.33. The molecule has 0 aliphatic carbocycles. The van der Waals surface area contributed by atoms with Crippen molar-refractivity contribution in [1.82, 2.24) is 4.57 Å². The van der Waals surface area contributed by atoms with Crippen LogP contribution in [0.25, 0.3) is 10.2 Å². The van der Waals surface area contributed by atoms with Crippen LogP contribution in [0.3, 0.4) is 0 Å². The predicted octanol–water partition coefficient (Wildman–Crippen LogP) is 2.50. The fourth-order valence-electron chi connectivity index (χ4n) is 2.72. The molecule has 0 unspecified atom stereocenters. The number of carbonyl (C=O) groups excluding carboxylic acids is 1. The molecule has 1 aromatic heterocycles. The van der Waals surface area contributed by atoms with E-state index in [2.05, 4.69) is 10.9 Å². The molecule has 0 atom stereocenters. The first-order valence-electron chi connectivity index (χ1n) is 8.36. The topological polar surface area (TPSA) is 87.0 Å². The van der Waals surface area contributed by atoms with Crippen LogP contribution in [0.4, 0.5) is 0 Å². The molecular formula is C20H18N2O5S2.